The quantitative estimate of drug-likeness (QED) is 0.848. The molecule has 0 bridgehead atoms. The Bertz CT molecular complexity index is 627. The molecule has 2 aromatic heterocycles. The van der Waals surface area contributed by atoms with Gasteiger partial charge in [-0.2, -0.15) is 5.10 Å². The van der Waals surface area contributed by atoms with Gasteiger partial charge in [-0.25, -0.2) is 0 Å². The van der Waals surface area contributed by atoms with E-state index in [9.17, 15) is 0 Å². The number of rotatable bonds is 5. The highest BCUT2D eigenvalue weighted by molar-refractivity contribution is 5.27. The first kappa shape index (κ1) is 15.2. The zero-order valence-corrected chi connectivity index (χ0v) is 13.8. The van der Waals surface area contributed by atoms with Gasteiger partial charge in [0.15, 0.2) is 0 Å². The summed E-state index contributed by atoms with van der Waals surface area (Å²) in [5.74, 6) is 1.28. The second-order valence-electron chi connectivity index (χ2n) is 6.01. The van der Waals surface area contributed by atoms with Gasteiger partial charge in [-0.1, -0.05) is 5.16 Å². The summed E-state index contributed by atoms with van der Waals surface area (Å²) in [6.07, 6.45) is 2.17. The molecule has 0 saturated carbocycles. The summed E-state index contributed by atoms with van der Waals surface area (Å²) < 4.78 is 12.7. The van der Waals surface area contributed by atoms with Crippen LogP contribution in [-0.2, 0) is 24.4 Å². The molecule has 3 rings (SSSR count). The van der Waals surface area contributed by atoms with Crippen molar-refractivity contribution >= 4 is 0 Å². The molecule has 22 heavy (non-hydrogen) atoms. The fourth-order valence-corrected chi connectivity index (χ4v) is 3.20. The van der Waals surface area contributed by atoms with Crippen molar-refractivity contribution in [1.82, 2.24) is 19.8 Å². The molecule has 120 valence electrons. The number of nitrogens with zero attached hydrogens (tertiary/aromatic N) is 4. The van der Waals surface area contributed by atoms with Crippen LogP contribution < -0.4 is 0 Å². The zero-order valence-electron chi connectivity index (χ0n) is 13.8. The second kappa shape index (κ2) is 6.22. The van der Waals surface area contributed by atoms with Crippen LogP contribution in [0.1, 0.15) is 41.1 Å². The highest BCUT2D eigenvalue weighted by Crippen LogP contribution is 2.29. The lowest BCUT2D eigenvalue weighted by atomic mass is 9.95. The van der Waals surface area contributed by atoms with Gasteiger partial charge in [0.25, 0.3) is 0 Å². The number of hydrogen-bond acceptors (Lipinski definition) is 5. The van der Waals surface area contributed by atoms with Gasteiger partial charge >= 0.3 is 0 Å². The van der Waals surface area contributed by atoms with Crippen molar-refractivity contribution in [3.8, 4) is 0 Å². The molecule has 0 fully saturated rings. The highest BCUT2D eigenvalue weighted by Gasteiger charge is 2.29. The number of aryl methyl sites for hydroxylation is 3. The van der Waals surface area contributed by atoms with Crippen LogP contribution in [0.15, 0.2) is 10.7 Å². The number of ether oxygens (including phenoxy) is 1. The van der Waals surface area contributed by atoms with E-state index in [4.69, 9.17) is 14.4 Å². The van der Waals surface area contributed by atoms with Crippen molar-refractivity contribution in [3.63, 3.8) is 0 Å². The van der Waals surface area contributed by atoms with E-state index in [2.05, 4.69) is 23.2 Å². The van der Waals surface area contributed by atoms with Gasteiger partial charge in [0.2, 0.25) is 0 Å². The lowest BCUT2D eigenvalue weighted by Gasteiger charge is -2.31. The molecule has 6 nitrogen and oxygen atoms in total. The second-order valence-corrected chi connectivity index (χ2v) is 6.01. The lowest BCUT2D eigenvalue weighted by Crippen LogP contribution is -2.34. The first-order valence-corrected chi connectivity index (χ1v) is 7.81. The minimum atomic E-state index is 0.370. The Hall–Kier alpha value is -1.66. The molecular formula is C16H24N4O2. The van der Waals surface area contributed by atoms with Crippen LogP contribution in [-0.4, -0.2) is 40.1 Å². The molecular weight excluding hydrogens is 280 g/mol. The Morgan fingerprint density at radius 3 is 2.86 bits per heavy atom. The molecule has 0 aliphatic carbocycles. The molecule has 6 heteroatoms. The van der Waals surface area contributed by atoms with E-state index in [0.717, 1.165) is 44.2 Å². The summed E-state index contributed by atoms with van der Waals surface area (Å²) in [5.41, 5.74) is 4.67. The molecule has 3 heterocycles. The molecule has 1 aliphatic heterocycles. The minimum absolute atomic E-state index is 0.370. The highest BCUT2D eigenvalue weighted by atomic mass is 16.5. The molecule has 0 spiro atoms. The van der Waals surface area contributed by atoms with Crippen LogP contribution in [0.3, 0.4) is 0 Å². The van der Waals surface area contributed by atoms with Crippen molar-refractivity contribution in [3.05, 3.63) is 34.5 Å². The first-order valence-electron chi connectivity index (χ1n) is 7.81. The molecule has 0 unspecified atom stereocenters. The van der Waals surface area contributed by atoms with E-state index in [1.54, 1.807) is 7.11 Å². The molecule has 0 saturated heterocycles. The van der Waals surface area contributed by atoms with Crippen LogP contribution in [0.2, 0.25) is 0 Å². The van der Waals surface area contributed by atoms with E-state index in [-0.39, 0.29) is 0 Å². The Morgan fingerprint density at radius 2 is 2.23 bits per heavy atom. The third-order valence-electron chi connectivity index (χ3n) is 4.42. The predicted molar refractivity (Wildman–Crippen MR) is 82.6 cm³/mol. The van der Waals surface area contributed by atoms with Crippen LogP contribution in [0.4, 0.5) is 0 Å². The Morgan fingerprint density at radius 1 is 1.41 bits per heavy atom. The van der Waals surface area contributed by atoms with Crippen molar-refractivity contribution in [2.24, 2.45) is 0 Å². The summed E-state index contributed by atoms with van der Waals surface area (Å²) in [4.78, 5) is 2.41. The largest absolute Gasteiger partial charge is 0.384 e. The molecule has 2 aromatic rings. The van der Waals surface area contributed by atoms with Crippen LogP contribution in [0.25, 0.3) is 0 Å². The summed E-state index contributed by atoms with van der Waals surface area (Å²) in [6, 6.07) is 0. The number of fused-ring (bicyclic) bond motifs is 1. The third kappa shape index (κ3) is 2.80. The molecule has 0 radical (unpaired) electrons. The van der Waals surface area contributed by atoms with Crippen molar-refractivity contribution in [1.29, 1.82) is 0 Å². The zero-order chi connectivity index (χ0) is 15.7. The maximum Gasteiger partial charge on any atom is 0.138 e. The van der Waals surface area contributed by atoms with Crippen molar-refractivity contribution in [2.45, 2.75) is 46.3 Å². The summed E-state index contributed by atoms with van der Waals surface area (Å²) in [6.45, 7) is 10.4. The Kier molecular flexibility index (Phi) is 4.31. The van der Waals surface area contributed by atoms with Gasteiger partial charge in [-0.3, -0.25) is 9.58 Å². The maximum absolute atomic E-state index is 5.42. The summed E-state index contributed by atoms with van der Waals surface area (Å²) in [7, 11) is 1.76. The summed E-state index contributed by atoms with van der Waals surface area (Å²) >= 11 is 0. The maximum atomic E-state index is 5.42. The monoisotopic (exact) mass is 304 g/mol. The Labute approximate surface area is 131 Å². The van der Waals surface area contributed by atoms with E-state index in [0.29, 0.717) is 5.92 Å². The average molecular weight is 304 g/mol. The fourth-order valence-electron chi connectivity index (χ4n) is 3.20. The summed E-state index contributed by atoms with van der Waals surface area (Å²) in [5, 5.41) is 8.76. The predicted octanol–water partition coefficient (Wildman–Crippen LogP) is 2.25. The van der Waals surface area contributed by atoms with E-state index >= 15 is 0 Å². The number of methoxy groups -OCH3 is 1. The van der Waals surface area contributed by atoms with Crippen LogP contribution in [0.5, 0.6) is 0 Å². The number of hydrogen-bond donors (Lipinski definition) is 0. The molecule has 1 atom stereocenters. The lowest BCUT2D eigenvalue weighted by molar-refractivity contribution is 0.135. The average Bonchev–Trinajstić information content (AvgIpc) is 3.06. The molecule has 0 aromatic carbocycles. The molecule has 0 amide bonds. The van der Waals surface area contributed by atoms with Gasteiger partial charge in [0.1, 0.15) is 5.76 Å². The van der Waals surface area contributed by atoms with Gasteiger partial charge in [-0.05, 0) is 20.8 Å². The standard InChI is InChI=1S/C16H24N4O2/c1-5-20-8-15-13(10-21-4)6-19(9-16(15)17-20)7-14-11(2)18-22-12(14)3/h8,13H,5-7,9-10H2,1-4H3/t13-/m0/s1. The molecule has 0 N–H and O–H groups in total. The topological polar surface area (TPSA) is 56.3 Å². The van der Waals surface area contributed by atoms with Gasteiger partial charge in [0, 0.05) is 56.5 Å². The van der Waals surface area contributed by atoms with Crippen molar-refractivity contribution < 1.29 is 9.26 Å². The van der Waals surface area contributed by atoms with Gasteiger partial charge < -0.3 is 9.26 Å². The normalized spacial score (nSPS) is 18.6. The number of aromatic nitrogens is 3. The van der Waals surface area contributed by atoms with Crippen molar-refractivity contribution in [2.75, 3.05) is 20.3 Å². The van der Waals surface area contributed by atoms with Crippen LogP contribution >= 0.6 is 0 Å². The fraction of sp³-hybridized carbons (Fsp3) is 0.625. The van der Waals surface area contributed by atoms with Crippen LogP contribution in [0, 0.1) is 13.8 Å². The van der Waals surface area contributed by atoms with E-state index in [1.807, 2.05) is 18.5 Å². The van der Waals surface area contributed by atoms with Gasteiger partial charge in [0.05, 0.1) is 18.0 Å². The Balaban J connectivity index is 1.83. The smallest absolute Gasteiger partial charge is 0.138 e. The molecule has 1 aliphatic rings. The van der Waals surface area contributed by atoms with E-state index < -0.39 is 0 Å². The van der Waals surface area contributed by atoms with Gasteiger partial charge in [-0.15, -0.1) is 0 Å². The van der Waals surface area contributed by atoms with E-state index in [1.165, 1.54) is 16.8 Å². The third-order valence-corrected chi connectivity index (χ3v) is 4.42. The first-order chi connectivity index (χ1) is 10.6. The SMILES string of the molecule is CCn1cc2c(n1)CN(Cc1c(C)noc1C)C[C@H]2COC. The minimum Gasteiger partial charge on any atom is -0.384 e.